The van der Waals surface area contributed by atoms with Gasteiger partial charge in [-0.3, -0.25) is 0 Å². The van der Waals surface area contributed by atoms with Gasteiger partial charge in [0.15, 0.2) is 0 Å². The lowest BCUT2D eigenvalue weighted by Gasteiger charge is -2.27. The molecule has 0 unspecified atom stereocenters. The fraction of sp³-hybridized carbons (Fsp3) is 0.471. The van der Waals surface area contributed by atoms with Crippen LogP contribution in [0.15, 0.2) is 42.5 Å². The molecule has 1 aromatic rings. The average Bonchev–Trinajstić information content (AvgIpc) is 2.36. The van der Waals surface area contributed by atoms with Crippen LogP contribution < -0.4 is 5.32 Å². The van der Waals surface area contributed by atoms with Crippen molar-refractivity contribution in [2.45, 2.75) is 51.9 Å². The number of amides is 1. The molecule has 2 N–H and O–H groups in total. The molecular formula is C17H25NO3. The van der Waals surface area contributed by atoms with Crippen LogP contribution in [0.2, 0.25) is 0 Å². The zero-order chi connectivity index (χ0) is 16.0. The zero-order valence-electron chi connectivity index (χ0n) is 13.2. The second kappa shape index (κ2) is 7.27. The van der Waals surface area contributed by atoms with E-state index < -0.39 is 23.8 Å². The van der Waals surface area contributed by atoms with Crippen LogP contribution in [0.1, 0.15) is 33.3 Å². The minimum atomic E-state index is -0.822. The second-order valence-corrected chi connectivity index (χ2v) is 6.23. The summed E-state index contributed by atoms with van der Waals surface area (Å²) < 4.78 is 5.24. The van der Waals surface area contributed by atoms with E-state index in [0.717, 1.165) is 5.56 Å². The molecule has 21 heavy (non-hydrogen) atoms. The van der Waals surface area contributed by atoms with Gasteiger partial charge in [-0.2, -0.15) is 0 Å². The van der Waals surface area contributed by atoms with Gasteiger partial charge in [0.05, 0.1) is 12.1 Å². The number of hydrogen-bond acceptors (Lipinski definition) is 3. The van der Waals surface area contributed by atoms with Crippen molar-refractivity contribution in [3.63, 3.8) is 0 Å². The molecule has 0 aliphatic heterocycles. The van der Waals surface area contributed by atoms with E-state index in [9.17, 15) is 9.90 Å². The SMILES string of the molecule is C=C(C)[C@@H](O)[C@H](Cc1ccccc1)NC(=O)OC(C)(C)C. The fourth-order valence-electron chi connectivity index (χ4n) is 1.91. The first-order valence-electron chi connectivity index (χ1n) is 7.06. The van der Waals surface area contributed by atoms with Gasteiger partial charge in [-0.25, -0.2) is 4.79 Å². The number of ether oxygens (including phenoxy) is 1. The molecule has 0 fully saturated rings. The monoisotopic (exact) mass is 291 g/mol. The van der Waals surface area contributed by atoms with Gasteiger partial charge in [0.25, 0.3) is 0 Å². The van der Waals surface area contributed by atoms with E-state index in [4.69, 9.17) is 4.74 Å². The maximum Gasteiger partial charge on any atom is 0.407 e. The maximum absolute atomic E-state index is 11.9. The second-order valence-electron chi connectivity index (χ2n) is 6.23. The van der Waals surface area contributed by atoms with Crippen molar-refractivity contribution in [2.24, 2.45) is 0 Å². The summed E-state index contributed by atoms with van der Waals surface area (Å²) in [5.74, 6) is 0. The van der Waals surface area contributed by atoms with Gasteiger partial charge in [-0.05, 0) is 39.7 Å². The van der Waals surface area contributed by atoms with Crippen molar-refractivity contribution < 1.29 is 14.6 Å². The molecule has 0 bridgehead atoms. The molecule has 0 aliphatic carbocycles. The highest BCUT2D eigenvalue weighted by molar-refractivity contribution is 5.68. The average molecular weight is 291 g/mol. The molecule has 116 valence electrons. The van der Waals surface area contributed by atoms with Crippen LogP contribution in [0.5, 0.6) is 0 Å². The fourth-order valence-corrected chi connectivity index (χ4v) is 1.91. The van der Waals surface area contributed by atoms with Gasteiger partial charge in [0.1, 0.15) is 5.60 Å². The van der Waals surface area contributed by atoms with E-state index in [1.54, 1.807) is 27.7 Å². The predicted octanol–water partition coefficient (Wildman–Crippen LogP) is 3.06. The lowest BCUT2D eigenvalue weighted by molar-refractivity contribution is 0.0449. The van der Waals surface area contributed by atoms with Crippen molar-refractivity contribution in [2.75, 3.05) is 0 Å². The van der Waals surface area contributed by atoms with E-state index in [2.05, 4.69) is 11.9 Å². The van der Waals surface area contributed by atoms with Crippen LogP contribution in [-0.4, -0.2) is 28.9 Å². The Balaban J connectivity index is 2.78. The Morgan fingerprint density at radius 1 is 1.33 bits per heavy atom. The van der Waals surface area contributed by atoms with Crippen molar-refractivity contribution in [1.82, 2.24) is 5.32 Å². The Morgan fingerprint density at radius 2 is 1.90 bits per heavy atom. The zero-order valence-corrected chi connectivity index (χ0v) is 13.2. The number of benzene rings is 1. The van der Waals surface area contributed by atoms with Crippen LogP contribution in [0.4, 0.5) is 4.79 Å². The molecule has 2 atom stereocenters. The third-order valence-electron chi connectivity index (χ3n) is 2.89. The number of carbonyl (C=O) groups is 1. The number of alkyl carbamates (subject to hydrolysis) is 1. The lowest BCUT2D eigenvalue weighted by atomic mass is 9.98. The quantitative estimate of drug-likeness (QED) is 0.820. The molecule has 1 amide bonds. The molecule has 4 heteroatoms. The van der Waals surface area contributed by atoms with E-state index in [1.165, 1.54) is 0 Å². The summed E-state index contributed by atoms with van der Waals surface area (Å²) in [4.78, 5) is 11.9. The number of aliphatic hydroxyl groups is 1. The van der Waals surface area contributed by atoms with Crippen molar-refractivity contribution in [3.05, 3.63) is 48.0 Å². The number of aliphatic hydroxyl groups excluding tert-OH is 1. The lowest BCUT2D eigenvalue weighted by Crippen LogP contribution is -2.47. The summed E-state index contributed by atoms with van der Waals surface area (Å²) in [6, 6.07) is 9.21. The first kappa shape index (κ1) is 17.2. The molecule has 0 radical (unpaired) electrons. The number of hydrogen-bond donors (Lipinski definition) is 2. The third kappa shape index (κ3) is 6.45. The Labute approximate surface area is 126 Å². The van der Waals surface area contributed by atoms with E-state index in [0.29, 0.717) is 12.0 Å². The molecule has 0 saturated carbocycles. The minimum Gasteiger partial charge on any atom is -0.444 e. The van der Waals surface area contributed by atoms with Gasteiger partial charge < -0.3 is 15.2 Å². The number of nitrogens with one attached hydrogen (secondary N) is 1. The number of carbonyl (C=O) groups excluding carboxylic acids is 1. The molecule has 0 heterocycles. The summed E-state index contributed by atoms with van der Waals surface area (Å²) in [6.07, 6.45) is -0.852. The topological polar surface area (TPSA) is 58.6 Å². The highest BCUT2D eigenvalue weighted by Gasteiger charge is 2.25. The van der Waals surface area contributed by atoms with E-state index in [1.807, 2.05) is 30.3 Å². The summed E-state index contributed by atoms with van der Waals surface area (Å²) in [5.41, 5.74) is 1.06. The van der Waals surface area contributed by atoms with Crippen molar-refractivity contribution in [3.8, 4) is 0 Å². The maximum atomic E-state index is 11.9. The largest absolute Gasteiger partial charge is 0.444 e. The summed E-state index contributed by atoms with van der Waals surface area (Å²) in [6.45, 7) is 10.9. The van der Waals surface area contributed by atoms with Gasteiger partial charge in [0.2, 0.25) is 0 Å². The Kier molecular flexibility index (Phi) is 5.97. The third-order valence-corrected chi connectivity index (χ3v) is 2.89. The Morgan fingerprint density at radius 3 is 2.38 bits per heavy atom. The molecule has 0 aliphatic rings. The smallest absolute Gasteiger partial charge is 0.407 e. The molecule has 4 nitrogen and oxygen atoms in total. The standard InChI is InChI=1S/C17H25NO3/c1-12(2)15(19)14(11-13-9-7-6-8-10-13)18-16(20)21-17(3,4)5/h6-10,14-15,19H,1,11H2,2-5H3,(H,18,20)/t14-,15+/m0/s1. The normalized spacial score (nSPS) is 14.1. The highest BCUT2D eigenvalue weighted by Crippen LogP contribution is 2.13. The predicted molar refractivity (Wildman–Crippen MR) is 84.1 cm³/mol. The van der Waals surface area contributed by atoms with Crippen LogP contribution in [0.3, 0.4) is 0 Å². The number of rotatable bonds is 5. The van der Waals surface area contributed by atoms with E-state index >= 15 is 0 Å². The van der Waals surface area contributed by atoms with Gasteiger partial charge in [-0.1, -0.05) is 42.5 Å². The molecule has 0 aromatic heterocycles. The molecular weight excluding hydrogens is 266 g/mol. The summed E-state index contributed by atoms with van der Waals surface area (Å²) in [7, 11) is 0. The van der Waals surface area contributed by atoms with Crippen LogP contribution in [-0.2, 0) is 11.2 Å². The van der Waals surface area contributed by atoms with Crippen LogP contribution in [0.25, 0.3) is 0 Å². The van der Waals surface area contributed by atoms with Crippen LogP contribution in [0, 0.1) is 0 Å². The Hall–Kier alpha value is -1.81. The summed E-state index contributed by atoms with van der Waals surface area (Å²) in [5, 5.41) is 13.0. The Bertz CT molecular complexity index is 477. The van der Waals surface area contributed by atoms with Gasteiger partial charge in [0, 0.05) is 0 Å². The van der Waals surface area contributed by atoms with Gasteiger partial charge in [-0.15, -0.1) is 0 Å². The van der Waals surface area contributed by atoms with Crippen molar-refractivity contribution in [1.29, 1.82) is 0 Å². The summed E-state index contributed by atoms with van der Waals surface area (Å²) >= 11 is 0. The molecule has 0 saturated heterocycles. The van der Waals surface area contributed by atoms with Gasteiger partial charge >= 0.3 is 6.09 Å². The van der Waals surface area contributed by atoms with Crippen molar-refractivity contribution >= 4 is 6.09 Å². The molecule has 1 rings (SSSR count). The molecule has 1 aromatic carbocycles. The minimum absolute atomic E-state index is 0.472. The molecule has 0 spiro atoms. The highest BCUT2D eigenvalue weighted by atomic mass is 16.6. The van der Waals surface area contributed by atoms with Crippen LogP contribution >= 0.6 is 0 Å². The first-order chi connectivity index (χ1) is 9.69. The van der Waals surface area contributed by atoms with E-state index in [-0.39, 0.29) is 0 Å². The first-order valence-corrected chi connectivity index (χ1v) is 7.06.